The second-order valence-electron chi connectivity index (χ2n) is 7.92. The summed E-state index contributed by atoms with van der Waals surface area (Å²) in [5.74, 6) is -2.99. The van der Waals surface area contributed by atoms with E-state index >= 15 is 0 Å². The molecule has 2 aromatic rings. The number of esters is 1. The molecule has 0 saturated carbocycles. The average Bonchev–Trinajstić information content (AvgIpc) is 3.36. The lowest BCUT2D eigenvalue weighted by Crippen LogP contribution is -2.72. The number of anilines is 1. The molecule has 5 heterocycles. The number of nitrogen functional groups attached to an aromatic ring is 1. The summed E-state index contributed by atoms with van der Waals surface area (Å²) in [5.41, 5.74) is 6.66. The Balaban J connectivity index is 1.47. The number of nitrogens with zero attached hydrogens (tertiary/aromatic N) is 4. The van der Waals surface area contributed by atoms with Gasteiger partial charge in [-0.3, -0.25) is 4.57 Å². The second kappa shape index (κ2) is 7.55. The van der Waals surface area contributed by atoms with Crippen molar-refractivity contribution in [3.05, 3.63) is 12.7 Å². The van der Waals surface area contributed by atoms with Crippen molar-refractivity contribution < 1.29 is 43.8 Å². The van der Waals surface area contributed by atoms with Gasteiger partial charge in [-0.05, 0) is 0 Å². The number of nitrogens with two attached hydrogens (primary N) is 1. The topological polar surface area (TPSA) is 194 Å². The average molecular weight is 453 g/mol. The van der Waals surface area contributed by atoms with Gasteiger partial charge in [0, 0.05) is 13.5 Å². The van der Waals surface area contributed by atoms with Crippen molar-refractivity contribution in [2.24, 2.45) is 0 Å². The number of hydrogen-bond acceptors (Lipinski definition) is 13. The standard InChI is InChI=1S/C18H23N5O9/c1-28-12-10-6(30-16(12)23-5-22-8-14(19)20-4-21-15(8)23)3-7-18(27,32-10)13(25)9(24)11(31-7)17(26)29-2/h4-7,9-13,16,24-25,27H,3H2,1-2H3,(H2,19,20,21)/t6-,7-,9-,10-,11+,12-,13+,16?,18-/m1/s1. The minimum Gasteiger partial charge on any atom is -0.467 e. The Labute approximate surface area is 180 Å². The SMILES string of the molecule is COC(=O)[C@H]1O[C@@H]2C[C@H]3OC(n4cnc5c(N)ncnc54)[C@H](OC)[C@@H]3O[C@@]2(O)[C@@H](O)[C@@H]1O. The molecule has 14 nitrogen and oxygen atoms in total. The summed E-state index contributed by atoms with van der Waals surface area (Å²) < 4.78 is 29.4. The van der Waals surface area contributed by atoms with Crippen LogP contribution in [0.5, 0.6) is 0 Å². The lowest BCUT2D eigenvalue weighted by Gasteiger charge is -2.52. The van der Waals surface area contributed by atoms with E-state index in [1.807, 2.05) is 0 Å². The first-order valence-electron chi connectivity index (χ1n) is 9.91. The van der Waals surface area contributed by atoms with E-state index < -0.39 is 60.7 Å². The molecule has 0 amide bonds. The predicted molar refractivity (Wildman–Crippen MR) is 102 cm³/mol. The molecule has 3 aliphatic rings. The molecule has 0 bridgehead atoms. The highest BCUT2D eigenvalue weighted by Crippen LogP contribution is 2.46. The molecule has 174 valence electrons. The third kappa shape index (κ3) is 2.92. The Kier molecular flexibility index (Phi) is 5.05. The Morgan fingerprint density at radius 3 is 2.78 bits per heavy atom. The summed E-state index contributed by atoms with van der Waals surface area (Å²) in [6.07, 6.45) is -6.47. The van der Waals surface area contributed by atoms with E-state index in [1.54, 1.807) is 4.57 Å². The van der Waals surface area contributed by atoms with Gasteiger partial charge in [0.05, 0.1) is 19.5 Å². The van der Waals surface area contributed by atoms with Crippen molar-refractivity contribution in [2.45, 2.75) is 61.2 Å². The van der Waals surface area contributed by atoms with E-state index in [9.17, 15) is 20.1 Å². The highest BCUT2D eigenvalue weighted by atomic mass is 16.7. The van der Waals surface area contributed by atoms with Crippen LogP contribution in [0.1, 0.15) is 12.6 Å². The van der Waals surface area contributed by atoms with Gasteiger partial charge in [-0.15, -0.1) is 0 Å². The summed E-state index contributed by atoms with van der Waals surface area (Å²) >= 11 is 0. The van der Waals surface area contributed by atoms with Gasteiger partial charge in [0.1, 0.15) is 42.4 Å². The molecule has 3 aliphatic heterocycles. The van der Waals surface area contributed by atoms with Crippen LogP contribution < -0.4 is 5.73 Å². The molecule has 0 aliphatic carbocycles. The van der Waals surface area contributed by atoms with Gasteiger partial charge in [-0.2, -0.15) is 0 Å². The van der Waals surface area contributed by atoms with Crippen molar-refractivity contribution in [2.75, 3.05) is 20.0 Å². The van der Waals surface area contributed by atoms with E-state index in [0.717, 1.165) is 7.11 Å². The fourth-order valence-electron chi connectivity index (χ4n) is 4.64. The van der Waals surface area contributed by atoms with Gasteiger partial charge < -0.3 is 44.7 Å². The van der Waals surface area contributed by atoms with Crippen LogP contribution in [0.15, 0.2) is 12.7 Å². The maximum Gasteiger partial charge on any atom is 0.337 e. The molecule has 0 radical (unpaired) electrons. The van der Waals surface area contributed by atoms with E-state index in [4.69, 9.17) is 24.7 Å². The monoisotopic (exact) mass is 453 g/mol. The summed E-state index contributed by atoms with van der Waals surface area (Å²) in [5, 5.41) is 32.1. The molecule has 5 rings (SSSR count). The number of methoxy groups -OCH3 is 2. The zero-order chi connectivity index (χ0) is 22.8. The second-order valence-corrected chi connectivity index (χ2v) is 7.92. The molecule has 2 aromatic heterocycles. The summed E-state index contributed by atoms with van der Waals surface area (Å²) in [6, 6.07) is 0. The lowest BCUT2D eigenvalue weighted by molar-refractivity contribution is -0.397. The molecule has 3 saturated heterocycles. The maximum atomic E-state index is 12.0. The fraction of sp³-hybridized carbons (Fsp3) is 0.667. The van der Waals surface area contributed by atoms with Gasteiger partial charge in [0.15, 0.2) is 23.8 Å². The van der Waals surface area contributed by atoms with Crippen molar-refractivity contribution >= 4 is 23.0 Å². The third-order valence-corrected chi connectivity index (χ3v) is 6.25. The van der Waals surface area contributed by atoms with E-state index in [2.05, 4.69) is 19.7 Å². The third-order valence-electron chi connectivity index (χ3n) is 6.25. The van der Waals surface area contributed by atoms with Crippen LogP contribution in [-0.4, -0.2) is 104 Å². The Bertz CT molecular complexity index is 1040. The number of aliphatic hydroxyl groups excluding tert-OH is 2. The number of imidazole rings is 1. The van der Waals surface area contributed by atoms with Crippen molar-refractivity contribution in [3.8, 4) is 0 Å². The van der Waals surface area contributed by atoms with Crippen LogP contribution in [0.2, 0.25) is 0 Å². The predicted octanol–water partition coefficient (Wildman–Crippen LogP) is -2.54. The van der Waals surface area contributed by atoms with Gasteiger partial charge in [0.25, 0.3) is 0 Å². The number of aromatic nitrogens is 4. The molecule has 32 heavy (non-hydrogen) atoms. The van der Waals surface area contributed by atoms with E-state index in [1.165, 1.54) is 19.8 Å². The Morgan fingerprint density at radius 1 is 1.28 bits per heavy atom. The number of ether oxygens (including phenoxy) is 5. The van der Waals surface area contributed by atoms with E-state index in [-0.39, 0.29) is 12.2 Å². The molecule has 0 aromatic carbocycles. The lowest BCUT2D eigenvalue weighted by atomic mass is 9.84. The minimum atomic E-state index is -2.30. The summed E-state index contributed by atoms with van der Waals surface area (Å²) in [7, 11) is 2.57. The molecule has 1 unspecified atom stereocenters. The fourth-order valence-corrected chi connectivity index (χ4v) is 4.64. The minimum absolute atomic E-state index is 0.0402. The first-order chi connectivity index (χ1) is 15.3. The van der Waals surface area contributed by atoms with Crippen LogP contribution in [0.3, 0.4) is 0 Å². The molecular weight excluding hydrogens is 430 g/mol. The molecule has 5 N–H and O–H groups in total. The smallest absolute Gasteiger partial charge is 0.337 e. The summed E-state index contributed by atoms with van der Waals surface area (Å²) in [6.45, 7) is 0. The number of aliphatic hydroxyl groups is 3. The zero-order valence-electron chi connectivity index (χ0n) is 17.1. The number of carbonyl (C=O) groups excluding carboxylic acids is 1. The number of rotatable bonds is 3. The molecular formula is C18H23N5O9. The highest BCUT2D eigenvalue weighted by molar-refractivity contribution is 5.81. The molecule has 14 heteroatoms. The molecule has 3 fully saturated rings. The van der Waals surface area contributed by atoms with Gasteiger partial charge in [-0.1, -0.05) is 0 Å². The van der Waals surface area contributed by atoms with Crippen LogP contribution in [0, 0.1) is 0 Å². The highest BCUT2D eigenvalue weighted by Gasteiger charge is 2.65. The molecule has 9 atom stereocenters. The van der Waals surface area contributed by atoms with E-state index in [0.29, 0.717) is 11.2 Å². The van der Waals surface area contributed by atoms with Crippen molar-refractivity contribution in [1.82, 2.24) is 19.5 Å². The number of fused-ring (bicyclic) bond motifs is 3. The van der Waals surface area contributed by atoms with Gasteiger partial charge in [-0.25, -0.2) is 19.7 Å². The maximum absolute atomic E-state index is 12.0. The van der Waals surface area contributed by atoms with Crippen LogP contribution in [0.4, 0.5) is 5.82 Å². The quantitative estimate of drug-likeness (QED) is 0.355. The number of hydrogen-bond donors (Lipinski definition) is 4. The van der Waals surface area contributed by atoms with Crippen molar-refractivity contribution in [3.63, 3.8) is 0 Å². The normalized spacial score (nSPS) is 41.3. The van der Waals surface area contributed by atoms with Crippen LogP contribution in [-0.2, 0) is 28.5 Å². The summed E-state index contributed by atoms with van der Waals surface area (Å²) in [4.78, 5) is 24.3. The number of carbonyl (C=O) groups is 1. The largest absolute Gasteiger partial charge is 0.467 e. The van der Waals surface area contributed by atoms with Crippen LogP contribution in [0.25, 0.3) is 11.2 Å². The zero-order valence-corrected chi connectivity index (χ0v) is 17.1. The Hall–Kier alpha value is -2.46. The Morgan fingerprint density at radius 2 is 2.06 bits per heavy atom. The molecule has 0 spiro atoms. The van der Waals surface area contributed by atoms with Crippen LogP contribution >= 0.6 is 0 Å². The van der Waals surface area contributed by atoms with Gasteiger partial charge >= 0.3 is 5.97 Å². The van der Waals surface area contributed by atoms with Gasteiger partial charge in [0.2, 0.25) is 5.79 Å². The first-order valence-corrected chi connectivity index (χ1v) is 9.91. The first kappa shape index (κ1) is 21.4. The van der Waals surface area contributed by atoms with Crippen molar-refractivity contribution in [1.29, 1.82) is 0 Å².